The first-order chi connectivity index (χ1) is 9.10. The first kappa shape index (κ1) is 14.0. The average Bonchev–Trinajstić information content (AvgIpc) is 2.82. The largest absolute Gasteiger partial charge is 0.354 e. The summed E-state index contributed by atoms with van der Waals surface area (Å²) in [5.41, 5.74) is 0. The molecule has 5 nitrogen and oxygen atoms in total. The van der Waals surface area contributed by atoms with Crippen LogP contribution in [0.3, 0.4) is 0 Å². The van der Waals surface area contributed by atoms with Gasteiger partial charge in [0.05, 0.1) is 9.21 Å². The average molecular weight is 298 g/mol. The van der Waals surface area contributed by atoms with Gasteiger partial charge in [0.15, 0.2) is 5.82 Å². The molecule has 0 aliphatic rings. The minimum atomic E-state index is 0.597. The fraction of sp³-hybridized carbons (Fsp3) is 0.417. The van der Waals surface area contributed by atoms with E-state index in [9.17, 15) is 0 Å². The molecule has 2 heterocycles. The molecule has 0 fully saturated rings. The molecule has 0 unspecified atom stereocenters. The van der Waals surface area contributed by atoms with Gasteiger partial charge < -0.3 is 10.2 Å². The van der Waals surface area contributed by atoms with Crippen molar-refractivity contribution in [2.24, 2.45) is 0 Å². The number of anilines is 2. The van der Waals surface area contributed by atoms with E-state index in [2.05, 4.69) is 27.2 Å². The molecule has 1 N–H and O–H groups in total. The molecule has 2 rings (SSSR count). The van der Waals surface area contributed by atoms with Gasteiger partial charge in [0.1, 0.15) is 0 Å². The second kappa shape index (κ2) is 6.16. The van der Waals surface area contributed by atoms with Crippen LogP contribution in [0.15, 0.2) is 12.1 Å². The lowest BCUT2D eigenvalue weighted by atomic mass is 10.4. The number of rotatable bonds is 5. The van der Waals surface area contributed by atoms with Gasteiger partial charge in [-0.3, -0.25) is 0 Å². The number of thiophene rings is 1. The van der Waals surface area contributed by atoms with Crippen LogP contribution in [-0.2, 0) is 0 Å². The maximum absolute atomic E-state index is 5.96. The van der Waals surface area contributed by atoms with Gasteiger partial charge >= 0.3 is 0 Å². The number of hydrogen-bond acceptors (Lipinski definition) is 6. The highest BCUT2D eigenvalue weighted by Gasteiger charge is 2.11. The number of halogens is 1. The topological polar surface area (TPSA) is 53.9 Å². The van der Waals surface area contributed by atoms with Crippen LogP contribution < -0.4 is 10.2 Å². The number of aromatic nitrogens is 3. The van der Waals surface area contributed by atoms with E-state index in [-0.39, 0.29) is 0 Å². The van der Waals surface area contributed by atoms with Crippen molar-refractivity contribution in [3.63, 3.8) is 0 Å². The van der Waals surface area contributed by atoms with E-state index in [4.69, 9.17) is 11.6 Å². The van der Waals surface area contributed by atoms with Crippen molar-refractivity contribution in [2.75, 3.05) is 30.9 Å². The van der Waals surface area contributed by atoms with Crippen LogP contribution in [0.25, 0.3) is 10.7 Å². The number of nitrogens with one attached hydrogen (secondary N) is 1. The summed E-state index contributed by atoms with van der Waals surface area (Å²) >= 11 is 7.42. The van der Waals surface area contributed by atoms with Crippen LogP contribution in [0.5, 0.6) is 0 Å². The summed E-state index contributed by atoms with van der Waals surface area (Å²) in [4.78, 5) is 16.0. The minimum Gasteiger partial charge on any atom is -0.354 e. The molecule has 0 saturated heterocycles. The predicted octanol–water partition coefficient (Wildman–Crippen LogP) is 3.14. The van der Waals surface area contributed by atoms with Crippen LogP contribution in [-0.4, -0.2) is 35.6 Å². The highest BCUT2D eigenvalue weighted by molar-refractivity contribution is 7.19. The Morgan fingerprint density at radius 2 is 2.05 bits per heavy atom. The van der Waals surface area contributed by atoms with Gasteiger partial charge in [0, 0.05) is 20.6 Å². The molecular weight excluding hydrogens is 282 g/mol. The van der Waals surface area contributed by atoms with Gasteiger partial charge in [-0.15, -0.1) is 11.3 Å². The van der Waals surface area contributed by atoms with E-state index in [0.29, 0.717) is 17.7 Å². The van der Waals surface area contributed by atoms with Crippen LogP contribution in [0.1, 0.15) is 13.3 Å². The van der Waals surface area contributed by atoms with Gasteiger partial charge in [-0.2, -0.15) is 15.0 Å². The molecule has 0 amide bonds. The summed E-state index contributed by atoms with van der Waals surface area (Å²) in [5.74, 6) is 1.88. The third kappa shape index (κ3) is 3.54. The summed E-state index contributed by atoms with van der Waals surface area (Å²) in [6.45, 7) is 2.93. The Morgan fingerprint density at radius 3 is 2.63 bits per heavy atom. The standard InChI is InChI=1S/C12H16ClN5S/c1-4-7-14-11-15-10(8-5-6-9(13)19-8)16-12(17-11)18(2)3/h5-6H,4,7H2,1-3H3,(H,14,15,16,17). The van der Waals surface area contributed by atoms with Crippen LogP contribution in [0.2, 0.25) is 4.34 Å². The molecule has 2 aromatic heterocycles. The first-order valence-corrected chi connectivity index (χ1v) is 7.22. The monoisotopic (exact) mass is 297 g/mol. The molecule has 2 aromatic rings. The molecular formula is C12H16ClN5S. The molecule has 0 saturated carbocycles. The normalized spacial score (nSPS) is 10.5. The molecule has 0 spiro atoms. The van der Waals surface area contributed by atoms with Gasteiger partial charge in [-0.05, 0) is 18.6 Å². The van der Waals surface area contributed by atoms with Crippen molar-refractivity contribution in [1.82, 2.24) is 15.0 Å². The third-order valence-corrected chi connectivity index (χ3v) is 3.58. The predicted molar refractivity (Wildman–Crippen MR) is 81.3 cm³/mol. The van der Waals surface area contributed by atoms with Crippen LogP contribution in [0.4, 0.5) is 11.9 Å². The molecule has 19 heavy (non-hydrogen) atoms. The van der Waals surface area contributed by atoms with Crippen molar-refractivity contribution in [1.29, 1.82) is 0 Å². The van der Waals surface area contributed by atoms with E-state index in [1.807, 2.05) is 31.1 Å². The summed E-state index contributed by atoms with van der Waals surface area (Å²) in [5, 5.41) is 3.19. The second-order valence-corrected chi connectivity index (χ2v) is 5.92. The Labute approximate surface area is 121 Å². The van der Waals surface area contributed by atoms with E-state index < -0.39 is 0 Å². The van der Waals surface area contributed by atoms with Crippen molar-refractivity contribution in [2.45, 2.75) is 13.3 Å². The first-order valence-electron chi connectivity index (χ1n) is 6.03. The Balaban J connectivity index is 2.39. The summed E-state index contributed by atoms with van der Waals surface area (Å²) in [6.07, 6.45) is 1.02. The Morgan fingerprint density at radius 1 is 1.26 bits per heavy atom. The maximum Gasteiger partial charge on any atom is 0.230 e. The second-order valence-electron chi connectivity index (χ2n) is 4.21. The smallest absolute Gasteiger partial charge is 0.230 e. The van der Waals surface area contributed by atoms with Gasteiger partial charge in [0.25, 0.3) is 0 Å². The van der Waals surface area contributed by atoms with Gasteiger partial charge in [0.2, 0.25) is 11.9 Å². The minimum absolute atomic E-state index is 0.597. The molecule has 7 heteroatoms. The van der Waals surface area contributed by atoms with Crippen LogP contribution in [0, 0.1) is 0 Å². The quantitative estimate of drug-likeness (QED) is 0.919. The van der Waals surface area contributed by atoms with Gasteiger partial charge in [-0.1, -0.05) is 18.5 Å². The summed E-state index contributed by atoms with van der Waals surface area (Å²) in [6, 6.07) is 3.77. The third-order valence-electron chi connectivity index (χ3n) is 2.35. The molecule has 0 aliphatic heterocycles. The lowest BCUT2D eigenvalue weighted by Gasteiger charge is -2.12. The Hall–Kier alpha value is -1.40. The zero-order chi connectivity index (χ0) is 13.8. The van der Waals surface area contributed by atoms with E-state index in [0.717, 1.165) is 22.2 Å². The van der Waals surface area contributed by atoms with Gasteiger partial charge in [-0.25, -0.2) is 0 Å². The zero-order valence-corrected chi connectivity index (χ0v) is 12.7. The summed E-state index contributed by atoms with van der Waals surface area (Å²) < 4.78 is 0.727. The van der Waals surface area contributed by atoms with Crippen LogP contribution >= 0.6 is 22.9 Å². The lowest BCUT2D eigenvalue weighted by Crippen LogP contribution is -2.16. The lowest BCUT2D eigenvalue weighted by molar-refractivity contribution is 0.921. The molecule has 0 atom stereocenters. The maximum atomic E-state index is 5.96. The zero-order valence-electron chi connectivity index (χ0n) is 11.1. The van der Waals surface area contributed by atoms with Crippen molar-refractivity contribution < 1.29 is 0 Å². The van der Waals surface area contributed by atoms with Crippen molar-refractivity contribution in [3.8, 4) is 10.7 Å². The molecule has 0 bridgehead atoms. The Bertz CT molecular complexity index is 555. The highest BCUT2D eigenvalue weighted by Crippen LogP contribution is 2.29. The van der Waals surface area contributed by atoms with E-state index in [1.54, 1.807) is 0 Å². The van der Waals surface area contributed by atoms with E-state index >= 15 is 0 Å². The highest BCUT2D eigenvalue weighted by atomic mass is 35.5. The number of nitrogens with zero attached hydrogens (tertiary/aromatic N) is 4. The number of hydrogen-bond donors (Lipinski definition) is 1. The van der Waals surface area contributed by atoms with E-state index in [1.165, 1.54) is 11.3 Å². The molecule has 0 radical (unpaired) electrons. The Kier molecular flexibility index (Phi) is 4.55. The molecule has 102 valence electrons. The fourth-order valence-electron chi connectivity index (χ4n) is 1.43. The fourth-order valence-corrected chi connectivity index (χ4v) is 2.40. The molecule has 0 aromatic carbocycles. The summed E-state index contributed by atoms with van der Waals surface area (Å²) in [7, 11) is 3.81. The molecule has 0 aliphatic carbocycles. The van der Waals surface area contributed by atoms with Crippen molar-refractivity contribution >= 4 is 34.8 Å². The SMILES string of the molecule is CCCNc1nc(-c2ccc(Cl)s2)nc(N(C)C)n1. The van der Waals surface area contributed by atoms with Crippen molar-refractivity contribution in [3.05, 3.63) is 16.5 Å².